The molecule has 0 radical (unpaired) electrons. The van der Waals surface area contributed by atoms with Gasteiger partial charge in [-0.05, 0) is 17.7 Å². The highest BCUT2D eigenvalue weighted by atomic mass is 16.3. The highest BCUT2D eigenvalue weighted by Crippen LogP contribution is 2.24. The van der Waals surface area contributed by atoms with Crippen molar-refractivity contribution in [2.75, 3.05) is 0 Å². The van der Waals surface area contributed by atoms with Gasteiger partial charge in [0.05, 0.1) is 11.7 Å². The Bertz CT molecular complexity index is 690. The third-order valence-electron chi connectivity index (χ3n) is 2.99. The maximum atomic E-state index is 10.3. The second kappa shape index (κ2) is 4.23. The maximum Gasteiger partial charge on any atom is 0.107 e. The number of nitrogens with zero attached hydrogens (tertiary/aromatic N) is 3. The third kappa shape index (κ3) is 1.87. The standard InChI is InChI=1S/C14H13N3O/c1-17-9-12(8-16-17)14(18)11-5-4-10-3-2-6-15-13(10)7-11/h2-9,14,18H,1H3. The fourth-order valence-electron chi connectivity index (χ4n) is 2.03. The third-order valence-corrected chi connectivity index (χ3v) is 2.99. The Balaban J connectivity index is 2.03. The van der Waals surface area contributed by atoms with Gasteiger partial charge in [0.25, 0.3) is 0 Å². The monoisotopic (exact) mass is 239 g/mol. The van der Waals surface area contributed by atoms with Crippen LogP contribution in [0.2, 0.25) is 0 Å². The van der Waals surface area contributed by atoms with Gasteiger partial charge in [-0.25, -0.2) is 0 Å². The van der Waals surface area contributed by atoms with Gasteiger partial charge >= 0.3 is 0 Å². The van der Waals surface area contributed by atoms with Crippen molar-refractivity contribution < 1.29 is 5.11 Å². The van der Waals surface area contributed by atoms with E-state index in [4.69, 9.17) is 0 Å². The summed E-state index contributed by atoms with van der Waals surface area (Å²) in [5, 5.41) is 15.4. The average Bonchev–Trinajstić information content (AvgIpc) is 2.84. The SMILES string of the molecule is Cn1cc(C(O)c2ccc3cccnc3c2)cn1. The Morgan fingerprint density at radius 3 is 2.89 bits per heavy atom. The molecule has 18 heavy (non-hydrogen) atoms. The molecule has 0 aliphatic carbocycles. The number of fused-ring (bicyclic) bond motifs is 1. The van der Waals surface area contributed by atoms with E-state index < -0.39 is 6.10 Å². The summed E-state index contributed by atoms with van der Waals surface area (Å²) in [5.41, 5.74) is 2.50. The number of rotatable bonds is 2. The molecule has 90 valence electrons. The van der Waals surface area contributed by atoms with Crippen LogP contribution in [-0.4, -0.2) is 19.9 Å². The number of aliphatic hydroxyl groups is 1. The molecule has 0 saturated heterocycles. The fourth-order valence-corrected chi connectivity index (χ4v) is 2.03. The minimum atomic E-state index is -0.662. The van der Waals surface area contributed by atoms with Crippen LogP contribution in [0.3, 0.4) is 0 Å². The summed E-state index contributed by atoms with van der Waals surface area (Å²) in [5.74, 6) is 0. The van der Waals surface area contributed by atoms with Gasteiger partial charge in [-0.15, -0.1) is 0 Å². The quantitative estimate of drug-likeness (QED) is 0.744. The summed E-state index contributed by atoms with van der Waals surface area (Å²) < 4.78 is 1.68. The highest BCUT2D eigenvalue weighted by molar-refractivity contribution is 5.79. The summed E-state index contributed by atoms with van der Waals surface area (Å²) in [7, 11) is 1.83. The molecule has 4 heteroatoms. The predicted octanol–water partition coefficient (Wildman–Crippen LogP) is 2.05. The molecule has 0 bridgehead atoms. The number of pyridine rings is 1. The van der Waals surface area contributed by atoms with Crippen molar-refractivity contribution in [3.05, 3.63) is 60.0 Å². The van der Waals surface area contributed by atoms with E-state index >= 15 is 0 Å². The molecule has 1 atom stereocenters. The van der Waals surface area contributed by atoms with Crippen LogP contribution in [0.4, 0.5) is 0 Å². The lowest BCUT2D eigenvalue weighted by atomic mass is 10.0. The molecule has 1 unspecified atom stereocenters. The molecule has 1 aromatic carbocycles. The molecule has 0 amide bonds. The smallest absolute Gasteiger partial charge is 0.107 e. The first-order valence-corrected chi connectivity index (χ1v) is 5.75. The van der Waals surface area contributed by atoms with Crippen LogP contribution in [-0.2, 0) is 7.05 Å². The summed E-state index contributed by atoms with van der Waals surface area (Å²) in [6, 6.07) is 9.70. The van der Waals surface area contributed by atoms with E-state index in [1.54, 1.807) is 17.1 Å². The lowest BCUT2D eigenvalue weighted by Crippen LogP contribution is -1.98. The molecule has 1 N–H and O–H groups in total. The van der Waals surface area contributed by atoms with Crippen LogP contribution in [0.1, 0.15) is 17.2 Å². The van der Waals surface area contributed by atoms with Crippen molar-refractivity contribution in [1.29, 1.82) is 0 Å². The Morgan fingerprint density at radius 2 is 2.11 bits per heavy atom. The number of aromatic nitrogens is 3. The van der Waals surface area contributed by atoms with Crippen molar-refractivity contribution in [3.63, 3.8) is 0 Å². The van der Waals surface area contributed by atoms with Crippen molar-refractivity contribution >= 4 is 10.9 Å². The predicted molar refractivity (Wildman–Crippen MR) is 69.0 cm³/mol. The lowest BCUT2D eigenvalue weighted by molar-refractivity contribution is 0.220. The molecule has 0 saturated carbocycles. The second-order valence-corrected chi connectivity index (χ2v) is 4.31. The first-order valence-electron chi connectivity index (χ1n) is 5.75. The van der Waals surface area contributed by atoms with Crippen LogP contribution in [0.5, 0.6) is 0 Å². The Labute approximate surface area is 105 Å². The molecule has 0 spiro atoms. The van der Waals surface area contributed by atoms with E-state index in [1.165, 1.54) is 0 Å². The Morgan fingerprint density at radius 1 is 1.22 bits per heavy atom. The van der Waals surface area contributed by atoms with Gasteiger partial charge in [0.2, 0.25) is 0 Å². The molecule has 2 aromatic heterocycles. The van der Waals surface area contributed by atoms with Crippen molar-refractivity contribution in [3.8, 4) is 0 Å². The zero-order valence-corrected chi connectivity index (χ0v) is 9.99. The zero-order chi connectivity index (χ0) is 12.5. The molecular weight excluding hydrogens is 226 g/mol. The summed E-state index contributed by atoms with van der Waals surface area (Å²) >= 11 is 0. The minimum absolute atomic E-state index is 0.662. The van der Waals surface area contributed by atoms with Gasteiger partial charge in [-0.2, -0.15) is 5.10 Å². The number of hydrogen-bond donors (Lipinski definition) is 1. The van der Waals surface area contributed by atoms with Gasteiger partial charge in [0.1, 0.15) is 6.10 Å². The molecule has 3 aromatic rings. The molecule has 0 aliphatic heterocycles. The maximum absolute atomic E-state index is 10.3. The number of aliphatic hydroxyl groups excluding tert-OH is 1. The zero-order valence-electron chi connectivity index (χ0n) is 9.99. The van der Waals surface area contributed by atoms with Crippen LogP contribution < -0.4 is 0 Å². The van der Waals surface area contributed by atoms with Crippen LogP contribution in [0.25, 0.3) is 10.9 Å². The van der Waals surface area contributed by atoms with E-state index in [2.05, 4.69) is 10.1 Å². The first kappa shape index (κ1) is 10.9. The summed E-state index contributed by atoms with van der Waals surface area (Å²) in [6.45, 7) is 0. The van der Waals surface area contributed by atoms with E-state index in [0.29, 0.717) is 0 Å². The number of hydrogen-bond acceptors (Lipinski definition) is 3. The number of aryl methyl sites for hydroxylation is 1. The minimum Gasteiger partial charge on any atom is -0.384 e. The van der Waals surface area contributed by atoms with E-state index in [0.717, 1.165) is 22.0 Å². The van der Waals surface area contributed by atoms with Crippen LogP contribution in [0, 0.1) is 0 Å². The number of benzene rings is 1. The summed E-state index contributed by atoms with van der Waals surface area (Å²) in [6.07, 6.45) is 4.58. The Hall–Kier alpha value is -2.20. The highest BCUT2D eigenvalue weighted by Gasteiger charge is 2.12. The van der Waals surface area contributed by atoms with Gasteiger partial charge < -0.3 is 5.11 Å². The van der Waals surface area contributed by atoms with Gasteiger partial charge in [0.15, 0.2) is 0 Å². The van der Waals surface area contributed by atoms with Gasteiger partial charge in [0, 0.05) is 30.4 Å². The second-order valence-electron chi connectivity index (χ2n) is 4.31. The molecule has 0 aliphatic rings. The van der Waals surface area contributed by atoms with Crippen LogP contribution >= 0.6 is 0 Å². The topological polar surface area (TPSA) is 50.9 Å². The lowest BCUT2D eigenvalue weighted by Gasteiger charge is -2.09. The molecule has 4 nitrogen and oxygen atoms in total. The molecule has 3 rings (SSSR count). The van der Waals surface area contributed by atoms with Crippen LogP contribution in [0.15, 0.2) is 48.9 Å². The van der Waals surface area contributed by atoms with Crippen molar-refractivity contribution in [2.45, 2.75) is 6.10 Å². The summed E-state index contributed by atoms with van der Waals surface area (Å²) in [4.78, 5) is 4.29. The van der Waals surface area contributed by atoms with Gasteiger partial charge in [-0.1, -0.05) is 18.2 Å². The Kier molecular flexibility index (Phi) is 2.57. The van der Waals surface area contributed by atoms with E-state index in [-0.39, 0.29) is 0 Å². The van der Waals surface area contributed by atoms with E-state index in [9.17, 15) is 5.11 Å². The van der Waals surface area contributed by atoms with Crippen molar-refractivity contribution in [1.82, 2.24) is 14.8 Å². The normalized spacial score (nSPS) is 12.8. The molecule has 2 heterocycles. The average molecular weight is 239 g/mol. The molecule has 0 fully saturated rings. The van der Waals surface area contributed by atoms with Gasteiger partial charge in [-0.3, -0.25) is 9.67 Å². The molecular formula is C14H13N3O. The van der Waals surface area contributed by atoms with E-state index in [1.807, 2.05) is 43.6 Å². The largest absolute Gasteiger partial charge is 0.384 e. The fraction of sp³-hybridized carbons (Fsp3) is 0.143. The first-order chi connectivity index (χ1) is 8.74. The van der Waals surface area contributed by atoms with Crippen molar-refractivity contribution in [2.24, 2.45) is 7.05 Å².